The minimum Gasteiger partial charge on any atom is -0.496 e. The van der Waals surface area contributed by atoms with E-state index in [1.54, 1.807) is 13.2 Å². The van der Waals surface area contributed by atoms with E-state index < -0.39 is 5.54 Å². The molecule has 0 heterocycles. The van der Waals surface area contributed by atoms with Crippen molar-refractivity contribution in [1.29, 1.82) is 0 Å². The molecule has 0 saturated heterocycles. The predicted molar refractivity (Wildman–Crippen MR) is 75.6 cm³/mol. The predicted octanol–water partition coefficient (Wildman–Crippen LogP) is 3.83. The van der Waals surface area contributed by atoms with Crippen molar-refractivity contribution in [3.63, 3.8) is 0 Å². The van der Waals surface area contributed by atoms with Crippen LogP contribution >= 0.6 is 0 Å². The molecule has 19 heavy (non-hydrogen) atoms. The molecule has 1 fully saturated rings. The molecule has 0 atom stereocenters. The highest BCUT2D eigenvalue weighted by Gasteiger charge is 2.36. The highest BCUT2D eigenvalue weighted by atomic mass is 19.1. The van der Waals surface area contributed by atoms with Crippen LogP contribution in [-0.4, -0.2) is 7.11 Å². The average molecular weight is 265 g/mol. The second-order valence-corrected chi connectivity index (χ2v) is 6.08. The van der Waals surface area contributed by atoms with E-state index in [-0.39, 0.29) is 5.82 Å². The molecule has 3 heteroatoms. The fraction of sp³-hybridized carbons (Fsp3) is 0.625. The Kier molecular flexibility index (Phi) is 4.14. The van der Waals surface area contributed by atoms with Gasteiger partial charge < -0.3 is 10.5 Å². The monoisotopic (exact) mass is 265 g/mol. The summed E-state index contributed by atoms with van der Waals surface area (Å²) in [5.41, 5.74) is 6.91. The largest absolute Gasteiger partial charge is 0.496 e. The van der Waals surface area contributed by atoms with Crippen molar-refractivity contribution >= 4 is 0 Å². The van der Waals surface area contributed by atoms with Crippen molar-refractivity contribution in [2.24, 2.45) is 17.6 Å². The maximum absolute atomic E-state index is 13.5. The molecule has 1 aliphatic rings. The number of methoxy groups -OCH3 is 1. The Labute approximate surface area is 115 Å². The van der Waals surface area contributed by atoms with E-state index in [1.165, 1.54) is 12.1 Å². The van der Waals surface area contributed by atoms with Crippen LogP contribution in [0.4, 0.5) is 4.39 Å². The van der Waals surface area contributed by atoms with Gasteiger partial charge in [0.15, 0.2) is 0 Å². The molecule has 0 aromatic heterocycles. The Morgan fingerprint density at radius 2 is 1.95 bits per heavy atom. The smallest absolute Gasteiger partial charge is 0.124 e. The number of rotatable bonds is 3. The molecule has 1 aromatic rings. The van der Waals surface area contributed by atoms with Crippen LogP contribution in [-0.2, 0) is 5.54 Å². The van der Waals surface area contributed by atoms with Gasteiger partial charge in [0.25, 0.3) is 0 Å². The van der Waals surface area contributed by atoms with Crippen LogP contribution in [0.2, 0.25) is 0 Å². The van der Waals surface area contributed by atoms with Gasteiger partial charge in [-0.1, -0.05) is 13.8 Å². The summed E-state index contributed by atoms with van der Waals surface area (Å²) in [5.74, 6) is 1.88. The van der Waals surface area contributed by atoms with Crippen molar-refractivity contribution in [3.8, 4) is 5.75 Å². The van der Waals surface area contributed by atoms with Crippen LogP contribution in [0.15, 0.2) is 18.2 Å². The van der Waals surface area contributed by atoms with Crippen LogP contribution in [0.1, 0.15) is 45.1 Å². The van der Waals surface area contributed by atoms with Gasteiger partial charge in [-0.25, -0.2) is 4.39 Å². The molecule has 0 amide bonds. The van der Waals surface area contributed by atoms with Crippen molar-refractivity contribution in [1.82, 2.24) is 0 Å². The first-order valence-corrected chi connectivity index (χ1v) is 7.09. The summed E-state index contributed by atoms with van der Waals surface area (Å²) in [6, 6.07) is 4.63. The van der Waals surface area contributed by atoms with E-state index in [4.69, 9.17) is 10.5 Å². The Morgan fingerprint density at radius 1 is 1.32 bits per heavy atom. The van der Waals surface area contributed by atoms with Gasteiger partial charge in [-0.05, 0) is 55.7 Å². The molecule has 2 nitrogen and oxygen atoms in total. The van der Waals surface area contributed by atoms with Crippen molar-refractivity contribution in [3.05, 3.63) is 29.6 Å². The zero-order valence-electron chi connectivity index (χ0n) is 12.1. The van der Waals surface area contributed by atoms with Gasteiger partial charge in [0.2, 0.25) is 0 Å². The highest BCUT2D eigenvalue weighted by molar-refractivity contribution is 5.39. The molecule has 0 aliphatic heterocycles. The van der Waals surface area contributed by atoms with E-state index in [9.17, 15) is 4.39 Å². The summed E-state index contributed by atoms with van der Waals surface area (Å²) >= 11 is 0. The molecule has 0 bridgehead atoms. The molecular formula is C16H24FNO. The van der Waals surface area contributed by atoms with Crippen LogP contribution in [0.25, 0.3) is 0 Å². The number of ether oxygens (including phenoxy) is 1. The number of benzene rings is 1. The molecule has 0 unspecified atom stereocenters. The summed E-state index contributed by atoms with van der Waals surface area (Å²) in [7, 11) is 1.61. The fourth-order valence-corrected chi connectivity index (χ4v) is 3.16. The van der Waals surface area contributed by atoms with E-state index in [2.05, 4.69) is 13.8 Å². The lowest BCUT2D eigenvalue weighted by Crippen LogP contribution is -2.41. The lowest BCUT2D eigenvalue weighted by atomic mass is 9.70. The summed E-state index contributed by atoms with van der Waals surface area (Å²) in [6.45, 7) is 4.52. The minimum absolute atomic E-state index is 0.244. The SMILES string of the molecule is COc1ccc(F)cc1C1(N)CCC(C(C)C)CC1. The van der Waals surface area contributed by atoms with Crippen LogP contribution in [0.5, 0.6) is 5.75 Å². The number of hydrogen-bond acceptors (Lipinski definition) is 2. The lowest BCUT2D eigenvalue weighted by molar-refractivity contribution is 0.192. The molecule has 1 aliphatic carbocycles. The van der Waals surface area contributed by atoms with E-state index in [0.29, 0.717) is 11.7 Å². The van der Waals surface area contributed by atoms with Gasteiger partial charge in [0.1, 0.15) is 11.6 Å². The van der Waals surface area contributed by atoms with Gasteiger partial charge in [-0.2, -0.15) is 0 Å². The number of nitrogens with two attached hydrogens (primary N) is 1. The van der Waals surface area contributed by atoms with E-state index >= 15 is 0 Å². The molecule has 106 valence electrons. The summed E-state index contributed by atoms with van der Waals surface area (Å²) in [4.78, 5) is 0. The lowest BCUT2D eigenvalue weighted by Gasteiger charge is -2.39. The third kappa shape index (κ3) is 2.92. The zero-order valence-corrected chi connectivity index (χ0v) is 12.1. The quantitative estimate of drug-likeness (QED) is 0.901. The van der Waals surface area contributed by atoms with Crippen molar-refractivity contribution in [2.45, 2.75) is 45.1 Å². The molecular weight excluding hydrogens is 241 g/mol. The molecule has 1 aromatic carbocycles. The average Bonchev–Trinajstić information content (AvgIpc) is 2.39. The van der Waals surface area contributed by atoms with Crippen LogP contribution in [0.3, 0.4) is 0 Å². The van der Waals surface area contributed by atoms with Crippen LogP contribution < -0.4 is 10.5 Å². The van der Waals surface area contributed by atoms with Crippen LogP contribution in [0, 0.1) is 17.7 Å². The van der Waals surface area contributed by atoms with Gasteiger partial charge >= 0.3 is 0 Å². The van der Waals surface area contributed by atoms with Gasteiger partial charge in [0.05, 0.1) is 7.11 Å². The molecule has 0 spiro atoms. The topological polar surface area (TPSA) is 35.2 Å². The van der Waals surface area contributed by atoms with Gasteiger partial charge in [0, 0.05) is 11.1 Å². The standard InChI is InChI=1S/C16H24FNO/c1-11(2)12-6-8-16(18,9-7-12)14-10-13(17)4-5-15(14)19-3/h4-5,10-12H,6-9,18H2,1-3H3. The third-order valence-electron chi connectivity index (χ3n) is 4.56. The molecule has 2 N–H and O–H groups in total. The van der Waals surface area contributed by atoms with Gasteiger partial charge in [-0.3, -0.25) is 0 Å². The Hall–Kier alpha value is -1.09. The maximum atomic E-state index is 13.5. The Morgan fingerprint density at radius 3 is 2.47 bits per heavy atom. The number of hydrogen-bond donors (Lipinski definition) is 1. The van der Waals surface area contributed by atoms with Gasteiger partial charge in [-0.15, -0.1) is 0 Å². The summed E-state index contributed by atoms with van der Waals surface area (Å²) in [6.07, 6.45) is 4.01. The first-order valence-electron chi connectivity index (χ1n) is 7.09. The first-order chi connectivity index (χ1) is 8.96. The third-order valence-corrected chi connectivity index (χ3v) is 4.56. The highest BCUT2D eigenvalue weighted by Crippen LogP contribution is 2.43. The molecule has 1 saturated carbocycles. The second-order valence-electron chi connectivity index (χ2n) is 6.08. The van der Waals surface area contributed by atoms with E-state index in [1.807, 2.05) is 0 Å². The molecule has 0 radical (unpaired) electrons. The van der Waals surface area contributed by atoms with E-state index in [0.717, 1.165) is 37.2 Å². The first kappa shape index (κ1) is 14.3. The second kappa shape index (κ2) is 5.49. The normalized spacial score (nSPS) is 27.6. The summed E-state index contributed by atoms with van der Waals surface area (Å²) in [5, 5.41) is 0. The zero-order chi connectivity index (χ0) is 14.0. The maximum Gasteiger partial charge on any atom is 0.124 e. The Balaban J connectivity index is 2.24. The minimum atomic E-state index is -0.446. The number of halogens is 1. The van der Waals surface area contributed by atoms with Crippen molar-refractivity contribution < 1.29 is 9.13 Å². The van der Waals surface area contributed by atoms with Crippen molar-refractivity contribution in [2.75, 3.05) is 7.11 Å². The summed E-state index contributed by atoms with van der Waals surface area (Å²) < 4.78 is 18.8. The Bertz CT molecular complexity index is 436. The fourth-order valence-electron chi connectivity index (χ4n) is 3.16. The molecule has 2 rings (SSSR count).